The molecule has 1 aromatic heterocycles. The second kappa shape index (κ2) is 5.14. The molecule has 1 amide bonds. The minimum Gasteiger partial charge on any atom is -0.478 e. The van der Waals surface area contributed by atoms with Crippen LogP contribution in [0.15, 0.2) is 30.5 Å². The van der Waals surface area contributed by atoms with Gasteiger partial charge in [-0.15, -0.1) is 0 Å². The monoisotopic (exact) mass is 260 g/mol. The first-order valence-corrected chi connectivity index (χ1v) is 6.02. The van der Waals surface area contributed by atoms with Crippen molar-refractivity contribution in [3.63, 3.8) is 0 Å². The maximum absolute atomic E-state index is 11.6. The third kappa shape index (κ3) is 2.59. The second-order valence-corrected chi connectivity index (χ2v) is 4.59. The number of hydrogen-bond acceptors (Lipinski definition) is 2. The van der Waals surface area contributed by atoms with E-state index in [9.17, 15) is 9.59 Å². The molecule has 1 aromatic carbocycles. The van der Waals surface area contributed by atoms with Crippen molar-refractivity contribution in [3.05, 3.63) is 36.0 Å². The fourth-order valence-corrected chi connectivity index (χ4v) is 2.04. The third-order valence-corrected chi connectivity index (χ3v) is 3.11. The van der Waals surface area contributed by atoms with Crippen LogP contribution in [0, 0.1) is 0 Å². The van der Waals surface area contributed by atoms with Crippen LogP contribution >= 0.6 is 0 Å². The van der Waals surface area contributed by atoms with Crippen molar-refractivity contribution >= 4 is 22.8 Å². The smallest absolute Gasteiger partial charge is 0.336 e. The van der Waals surface area contributed by atoms with Gasteiger partial charge in [-0.25, -0.2) is 4.79 Å². The third-order valence-electron chi connectivity index (χ3n) is 3.11. The van der Waals surface area contributed by atoms with Gasteiger partial charge in [0.1, 0.15) is 0 Å². The van der Waals surface area contributed by atoms with E-state index < -0.39 is 5.97 Å². The fourth-order valence-electron chi connectivity index (χ4n) is 2.04. The first-order valence-electron chi connectivity index (χ1n) is 6.02. The molecule has 19 heavy (non-hydrogen) atoms. The molecule has 1 heterocycles. The second-order valence-electron chi connectivity index (χ2n) is 4.59. The minimum atomic E-state index is -0.937. The Kier molecular flexibility index (Phi) is 3.55. The standard InChI is InChI=1S/C14H16N2O3/c1-15(2)13(17)7-9-16-8-6-10-11(14(18)19)4-3-5-12(10)16/h3-6,8H,7,9H2,1-2H3,(H,18,19). The normalized spacial score (nSPS) is 10.6. The van der Waals surface area contributed by atoms with Gasteiger partial charge in [-0.1, -0.05) is 6.07 Å². The number of aromatic carboxylic acids is 1. The van der Waals surface area contributed by atoms with E-state index in [2.05, 4.69) is 0 Å². The van der Waals surface area contributed by atoms with Crippen LogP contribution in [-0.4, -0.2) is 40.5 Å². The summed E-state index contributed by atoms with van der Waals surface area (Å²) in [4.78, 5) is 24.2. The van der Waals surface area contributed by atoms with Gasteiger partial charge >= 0.3 is 5.97 Å². The largest absolute Gasteiger partial charge is 0.478 e. The van der Waals surface area contributed by atoms with Crippen LogP contribution < -0.4 is 0 Å². The lowest BCUT2D eigenvalue weighted by Gasteiger charge is -2.11. The molecule has 2 rings (SSSR count). The molecule has 0 saturated carbocycles. The van der Waals surface area contributed by atoms with Crippen LogP contribution in [0.1, 0.15) is 16.8 Å². The van der Waals surface area contributed by atoms with E-state index in [1.54, 1.807) is 37.2 Å². The number of fused-ring (bicyclic) bond motifs is 1. The van der Waals surface area contributed by atoms with Gasteiger partial charge < -0.3 is 14.6 Å². The Morgan fingerprint density at radius 2 is 2.00 bits per heavy atom. The topological polar surface area (TPSA) is 62.5 Å². The van der Waals surface area contributed by atoms with Crippen LogP contribution in [0.5, 0.6) is 0 Å². The number of nitrogens with zero attached hydrogens (tertiary/aromatic N) is 2. The predicted molar refractivity (Wildman–Crippen MR) is 72.2 cm³/mol. The average molecular weight is 260 g/mol. The van der Waals surface area contributed by atoms with Gasteiger partial charge in [0.15, 0.2) is 0 Å². The van der Waals surface area contributed by atoms with E-state index in [0.29, 0.717) is 18.4 Å². The number of carbonyl (C=O) groups excluding carboxylic acids is 1. The Morgan fingerprint density at radius 1 is 1.26 bits per heavy atom. The summed E-state index contributed by atoms with van der Waals surface area (Å²) in [5.74, 6) is -0.885. The number of amides is 1. The van der Waals surface area contributed by atoms with E-state index in [1.807, 2.05) is 16.8 Å². The molecule has 0 fully saturated rings. The summed E-state index contributed by atoms with van der Waals surface area (Å²) in [5, 5.41) is 9.81. The van der Waals surface area contributed by atoms with Crippen molar-refractivity contribution in [2.24, 2.45) is 0 Å². The fraction of sp³-hybridized carbons (Fsp3) is 0.286. The van der Waals surface area contributed by atoms with Crippen molar-refractivity contribution in [1.29, 1.82) is 0 Å². The molecule has 0 aliphatic rings. The number of carbonyl (C=O) groups is 2. The molecule has 0 radical (unpaired) electrons. The summed E-state index contributed by atoms with van der Waals surface area (Å²) in [7, 11) is 3.44. The predicted octanol–water partition coefficient (Wildman–Crippen LogP) is 1.82. The van der Waals surface area contributed by atoms with E-state index in [4.69, 9.17) is 5.11 Å². The first-order chi connectivity index (χ1) is 9.00. The summed E-state index contributed by atoms with van der Waals surface area (Å²) < 4.78 is 1.91. The van der Waals surface area contributed by atoms with E-state index in [0.717, 1.165) is 5.52 Å². The Bertz CT molecular complexity index is 629. The SMILES string of the molecule is CN(C)C(=O)CCn1ccc2c(C(=O)O)cccc21. The van der Waals surface area contributed by atoms with Crippen molar-refractivity contribution in [3.8, 4) is 0 Å². The number of carboxylic acids is 1. The Balaban J connectivity index is 2.29. The van der Waals surface area contributed by atoms with Gasteiger partial charge in [0.25, 0.3) is 0 Å². The highest BCUT2D eigenvalue weighted by Gasteiger charge is 2.11. The zero-order chi connectivity index (χ0) is 14.0. The number of rotatable bonds is 4. The highest BCUT2D eigenvalue weighted by atomic mass is 16.4. The van der Waals surface area contributed by atoms with Gasteiger partial charge in [0, 0.05) is 44.2 Å². The van der Waals surface area contributed by atoms with E-state index in [1.165, 1.54) is 0 Å². The van der Waals surface area contributed by atoms with Gasteiger partial charge in [0.2, 0.25) is 5.91 Å². The summed E-state index contributed by atoms with van der Waals surface area (Å²) >= 11 is 0. The molecule has 0 bridgehead atoms. The van der Waals surface area contributed by atoms with Crippen molar-refractivity contribution < 1.29 is 14.7 Å². The Hall–Kier alpha value is -2.30. The Labute approximate surface area is 111 Å². The molecule has 0 spiro atoms. The van der Waals surface area contributed by atoms with Crippen molar-refractivity contribution in [2.45, 2.75) is 13.0 Å². The molecule has 2 aromatic rings. The lowest BCUT2D eigenvalue weighted by molar-refractivity contribution is -0.128. The minimum absolute atomic E-state index is 0.0521. The zero-order valence-electron chi connectivity index (χ0n) is 11.0. The van der Waals surface area contributed by atoms with Crippen molar-refractivity contribution in [1.82, 2.24) is 9.47 Å². The van der Waals surface area contributed by atoms with Crippen LogP contribution in [0.2, 0.25) is 0 Å². The number of benzene rings is 1. The first kappa shape index (κ1) is 13.1. The quantitative estimate of drug-likeness (QED) is 0.912. The molecule has 0 unspecified atom stereocenters. The van der Waals surface area contributed by atoms with Gasteiger partial charge in [-0.3, -0.25) is 4.79 Å². The average Bonchev–Trinajstić information content (AvgIpc) is 2.78. The summed E-state index contributed by atoms with van der Waals surface area (Å²) in [6.45, 7) is 0.545. The Morgan fingerprint density at radius 3 is 2.63 bits per heavy atom. The highest BCUT2D eigenvalue weighted by Crippen LogP contribution is 2.20. The van der Waals surface area contributed by atoms with Crippen molar-refractivity contribution in [2.75, 3.05) is 14.1 Å². The maximum atomic E-state index is 11.6. The molecule has 0 aliphatic carbocycles. The molecule has 0 atom stereocenters. The summed E-state index contributed by atoms with van der Waals surface area (Å²) in [6.07, 6.45) is 2.22. The van der Waals surface area contributed by atoms with E-state index in [-0.39, 0.29) is 11.5 Å². The number of aryl methyl sites for hydroxylation is 1. The highest BCUT2D eigenvalue weighted by molar-refractivity contribution is 6.03. The molecule has 5 heteroatoms. The lowest BCUT2D eigenvalue weighted by atomic mass is 10.1. The molecule has 100 valence electrons. The lowest BCUT2D eigenvalue weighted by Crippen LogP contribution is -2.22. The van der Waals surface area contributed by atoms with Gasteiger partial charge in [-0.05, 0) is 18.2 Å². The summed E-state index contributed by atoms with van der Waals surface area (Å²) in [6, 6.07) is 6.94. The summed E-state index contributed by atoms with van der Waals surface area (Å²) in [5.41, 5.74) is 1.13. The van der Waals surface area contributed by atoms with E-state index >= 15 is 0 Å². The van der Waals surface area contributed by atoms with Gasteiger partial charge in [0.05, 0.1) is 5.56 Å². The van der Waals surface area contributed by atoms with Crippen LogP contribution in [0.3, 0.4) is 0 Å². The molecular weight excluding hydrogens is 244 g/mol. The van der Waals surface area contributed by atoms with Crippen LogP contribution in [0.25, 0.3) is 10.9 Å². The van der Waals surface area contributed by atoms with Gasteiger partial charge in [-0.2, -0.15) is 0 Å². The number of carboxylic acid groups (broad SMARTS) is 1. The van der Waals surface area contributed by atoms with Crippen LogP contribution in [-0.2, 0) is 11.3 Å². The maximum Gasteiger partial charge on any atom is 0.336 e. The molecule has 5 nitrogen and oxygen atoms in total. The zero-order valence-corrected chi connectivity index (χ0v) is 11.0. The number of hydrogen-bond donors (Lipinski definition) is 1. The van der Waals surface area contributed by atoms with Crippen LogP contribution in [0.4, 0.5) is 0 Å². The number of aromatic nitrogens is 1. The molecule has 0 aliphatic heterocycles. The molecule has 0 saturated heterocycles. The molecule has 1 N–H and O–H groups in total. The molecular formula is C14H16N2O3.